The van der Waals surface area contributed by atoms with Crippen molar-refractivity contribution in [3.63, 3.8) is 0 Å². The van der Waals surface area contributed by atoms with Gasteiger partial charge < -0.3 is 35.1 Å². The second-order valence-corrected chi connectivity index (χ2v) is 10.4. The Hall–Kier alpha value is -3.70. The quantitative estimate of drug-likeness (QED) is 0.207. The number of methoxy groups -OCH3 is 1. The van der Waals surface area contributed by atoms with E-state index in [-0.39, 0.29) is 12.4 Å². The number of rotatable bonds is 11. The van der Waals surface area contributed by atoms with Gasteiger partial charge in [0.05, 0.1) is 24.3 Å². The summed E-state index contributed by atoms with van der Waals surface area (Å²) in [7, 11) is 1.62. The van der Waals surface area contributed by atoms with Crippen LogP contribution in [-0.2, 0) is 6.61 Å². The van der Waals surface area contributed by atoms with E-state index in [9.17, 15) is 4.39 Å². The van der Waals surface area contributed by atoms with Gasteiger partial charge in [-0.2, -0.15) is 0 Å². The zero-order chi connectivity index (χ0) is 29.1. The lowest BCUT2D eigenvalue weighted by Gasteiger charge is -2.21. The molecule has 1 aliphatic rings. The summed E-state index contributed by atoms with van der Waals surface area (Å²) in [6.07, 6.45) is 2.39. The minimum Gasteiger partial charge on any atom is -0.493 e. The number of nitrogens with zero attached hydrogens (tertiary/aromatic N) is 3. The molecule has 11 heteroatoms. The molecule has 0 amide bonds. The van der Waals surface area contributed by atoms with Crippen molar-refractivity contribution in [2.45, 2.75) is 13.0 Å². The van der Waals surface area contributed by atoms with Crippen LogP contribution in [0.3, 0.4) is 0 Å². The van der Waals surface area contributed by atoms with Gasteiger partial charge in [0.1, 0.15) is 30.3 Å². The Kier molecular flexibility index (Phi) is 10.6. The molecule has 0 aliphatic carbocycles. The fourth-order valence-electron chi connectivity index (χ4n) is 4.76. The smallest absolute Gasteiger partial charge is 0.162 e. The number of hydrogen-bond acceptors (Lipinski definition) is 9. The number of aromatic nitrogens is 2. The van der Waals surface area contributed by atoms with Crippen molar-refractivity contribution >= 4 is 34.0 Å². The Bertz CT molecular complexity index is 1470. The molecule has 1 aromatic heterocycles. The van der Waals surface area contributed by atoms with Gasteiger partial charge in [0, 0.05) is 63.0 Å². The summed E-state index contributed by atoms with van der Waals surface area (Å²) in [5.41, 5.74) is 2.16. The largest absolute Gasteiger partial charge is 0.493 e. The highest BCUT2D eigenvalue weighted by atomic mass is 35.5. The van der Waals surface area contributed by atoms with Crippen molar-refractivity contribution in [3.8, 4) is 17.2 Å². The zero-order valence-corrected chi connectivity index (χ0v) is 24.4. The van der Waals surface area contributed by atoms with Gasteiger partial charge in [-0.25, -0.2) is 14.4 Å². The molecule has 3 N–H and O–H groups in total. The third-order valence-corrected chi connectivity index (χ3v) is 7.26. The average molecular weight is 595 g/mol. The molecule has 42 heavy (non-hydrogen) atoms. The van der Waals surface area contributed by atoms with Gasteiger partial charge in [0.15, 0.2) is 11.5 Å². The minimum atomic E-state index is -0.306. The van der Waals surface area contributed by atoms with Crippen LogP contribution in [0.1, 0.15) is 12.0 Å². The summed E-state index contributed by atoms with van der Waals surface area (Å²) in [5.74, 6) is 2.05. The van der Waals surface area contributed by atoms with Gasteiger partial charge in [-0.1, -0.05) is 23.7 Å². The van der Waals surface area contributed by atoms with E-state index in [1.54, 1.807) is 31.4 Å². The second kappa shape index (κ2) is 15.0. The number of benzene rings is 3. The maximum atomic E-state index is 13.5. The third-order valence-electron chi connectivity index (χ3n) is 6.96. The summed E-state index contributed by atoms with van der Waals surface area (Å²) in [6, 6.07) is 15.4. The SMILES string of the molecule is COc1cc2ncnc(Nc3ccc(OCc4cccc(F)c4)c(Cl)c3)c2cc1OCCCN1CCNCCNCC1. The standard InChI is InChI=1S/C31H36ClFN6O3/c1-40-29-19-27-25(18-30(29)41-15-3-12-39-13-10-34-8-9-35-11-14-39)31(37-21-36-27)38-24-6-7-28(26(32)17-24)42-20-22-4-2-5-23(33)16-22/h2,4-7,16-19,21,34-35H,3,8-15,20H2,1H3,(H,36,37,38). The van der Waals surface area contributed by atoms with Gasteiger partial charge in [0.25, 0.3) is 0 Å². The van der Waals surface area contributed by atoms with Crippen molar-refractivity contribution in [1.29, 1.82) is 0 Å². The summed E-state index contributed by atoms with van der Waals surface area (Å²) < 4.78 is 31.1. The molecule has 2 heterocycles. The van der Waals surface area contributed by atoms with Crippen LogP contribution in [0.2, 0.25) is 5.02 Å². The van der Waals surface area contributed by atoms with Gasteiger partial charge >= 0.3 is 0 Å². The summed E-state index contributed by atoms with van der Waals surface area (Å²) >= 11 is 6.51. The molecule has 0 radical (unpaired) electrons. The van der Waals surface area contributed by atoms with Crippen molar-refractivity contribution in [2.24, 2.45) is 0 Å². The lowest BCUT2D eigenvalue weighted by molar-refractivity contribution is 0.233. The average Bonchev–Trinajstić information content (AvgIpc) is 3.13. The van der Waals surface area contributed by atoms with E-state index in [1.807, 2.05) is 18.2 Å². The van der Waals surface area contributed by atoms with E-state index in [4.69, 9.17) is 25.8 Å². The van der Waals surface area contributed by atoms with Crippen molar-refractivity contribution in [3.05, 3.63) is 77.3 Å². The van der Waals surface area contributed by atoms with Crippen LogP contribution in [0, 0.1) is 5.82 Å². The predicted octanol–water partition coefficient (Wildman–Crippen LogP) is 5.02. The fraction of sp³-hybridized carbons (Fsp3) is 0.355. The molecule has 0 atom stereocenters. The van der Waals surface area contributed by atoms with Crippen LogP contribution in [0.25, 0.3) is 10.9 Å². The lowest BCUT2D eigenvalue weighted by atomic mass is 10.2. The minimum absolute atomic E-state index is 0.206. The highest BCUT2D eigenvalue weighted by molar-refractivity contribution is 6.32. The molecule has 0 unspecified atom stereocenters. The molecule has 4 aromatic rings. The van der Waals surface area contributed by atoms with E-state index in [0.717, 1.165) is 74.4 Å². The number of fused-ring (bicyclic) bond motifs is 1. The van der Waals surface area contributed by atoms with Crippen LogP contribution in [-0.4, -0.2) is 74.4 Å². The van der Waals surface area contributed by atoms with Crippen LogP contribution in [0.5, 0.6) is 17.2 Å². The zero-order valence-electron chi connectivity index (χ0n) is 23.7. The molecule has 5 rings (SSSR count). The highest BCUT2D eigenvalue weighted by Crippen LogP contribution is 2.36. The Morgan fingerprint density at radius 1 is 0.929 bits per heavy atom. The number of anilines is 2. The van der Waals surface area contributed by atoms with Gasteiger partial charge in [0.2, 0.25) is 0 Å². The fourth-order valence-corrected chi connectivity index (χ4v) is 5.00. The van der Waals surface area contributed by atoms with E-state index in [0.29, 0.717) is 34.7 Å². The summed E-state index contributed by atoms with van der Waals surface area (Å²) in [4.78, 5) is 11.3. The third kappa shape index (κ3) is 8.19. The number of halogens is 2. The van der Waals surface area contributed by atoms with Crippen molar-refractivity contribution in [2.75, 3.05) is 64.8 Å². The highest BCUT2D eigenvalue weighted by Gasteiger charge is 2.14. The maximum Gasteiger partial charge on any atom is 0.162 e. The number of nitrogens with one attached hydrogen (secondary N) is 3. The first-order chi connectivity index (χ1) is 20.6. The van der Waals surface area contributed by atoms with Crippen molar-refractivity contribution < 1.29 is 18.6 Å². The maximum absolute atomic E-state index is 13.5. The topological polar surface area (TPSA) is 92.8 Å². The molecule has 0 saturated carbocycles. The molecule has 1 aliphatic heterocycles. The molecule has 222 valence electrons. The van der Waals surface area contributed by atoms with Crippen LogP contribution < -0.4 is 30.2 Å². The summed E-state index contributed by atoms with van der Waals surface area (Å²) in [5, 5.41) is 11.4. The first kappa shape index (κ1) is 29.8. The van der Waals surface area contributed by atoms with Crippen LogP contribution in [0.4, 0.5) is 15.9 Å². The molecular weight excluding hydrogens is 559 g/mol. The van der Waals surface area contributed by atoms with Gasteiger partial charge in [-0.3, -0.25) is 0 Å². The van der Waals surface area contributed by atoms with E-state index >= 15 is 0 Å². The molecule has 3 aromatic carbocycles. The second-order valence-electron chi connectivity index (χ2n) is 9.97. The lowest BCUT2D eigenvalue weighted by Crippen LogP contribution is -2.35. The Morgan fingerprint density at radius 2 is 1.76 bits per heavy atom. The van der Waals surface area contributed by atoms with Gasteiger partial charge in [-0.15, -0.1) is 0 Å². The van der Waals surface area contributed by atoms with E-state index < -0.39 is 0 Å². The summed E-state index contributed by atoms with van der Waals surface area (Å²) in [6.45, 7) is 7.76. The number of hydrogen-bond donors (Lipinski definition) is 3. The molecule has 1 saturated heterocycles. The molecular formula is C31H36ClFN6O3. The normalized spacial score (nSPS) is 14.5. The Morgan fingerprint density at radius 3 is 2.52 bits per heavy atom. The molecule has 0 spiro atoms. The van der Waals surface area contributed by atoms with Crippen molar-refractivity contribution in [1.82, 2.24) is 25.5 Å². The first-order valence-electron chi connectivity index (χ1n) is 14.1. The number of ether oxygens (including phenoxy) is 3. The Labute approximate surface area is 250 Å². The Balaban J connectivity index is 1.24. The molecule has 0 bridgehead atoms. The molecule has 9 nitrogen and oxygen atoms in total. The van der Waals surface area contributed by atoms with Gasteiger partial charge in [-0.05, 0) is 48.4 Å². The van der Waals surface area contributed by atoms with Crippen LogP contribution in [0.15, 0.2) is 60.9 Å². The van der Waals surface area contributed by atoms with Crippen LogP contribution >= 0.6 is 11.6 Å². The van der Waals surface area contributed by atoms with E-state index in [1.165, 1.54) is 18.5 Å². The predicted molar refractivity (Wildman–Crippen MR) is 164 cm³/mol. The monoisotopic (exact) mass is 594 g/mol. The molecule has 1 fully saturated rings. The first-order valence-corrected chi connectivity index (χ1v) is 14.5. The van der Waals surface area contributed by atoms with E-state index in [2.05, 4.69) is 30.8 Å².